The summed E-state index contributed by atoms with van der Waals surface area (Å²) in [6.07, 6.45) is 1.80. The zero-order valence-electron chi connectivity index (χ0n) is 9.64. The van der Waals surface area contributed by atoms with Gasteiger partial charge in [0.25, 0.3) is 0 Å². The van der Waals surface area contributed by atoms with E-state index in [1.54, 1.807) is 0 Å². The largest absolute Gasteiger partial charge is 0.355 e. The Balaban J connectivity index is 2.68. The van der Waals surface area contributed by atoms with E-state index in [9.17, 15) is 14.9 Å². The quantitative estimate of drug-likeness (QED) is 0.454. The molecule has 1 heterocycles. The van der Waals surface area contributed by atoms with Crippen LogP contribution in [0.25, 0.3) is 0 Å². The van der Waals surface area contributed by atoms with Gasteiger partial charge < -0.3 is 10.6 Å². The minimum atomic E-state index is -0.650. The number of carbonyl (C=O) groups excluding carboxylic acids is 1. The number of nitrogens with zero attached hydrogens (tertiary/aromatic N) is 3. The van der Waals surface area contributed by atoms with Gasteiger partial charge >= 0.3 is 5.69 Å². The number of nitro groups is 1. The first-order valence-corrected chi connectivity index (χ1v) is 5.60. The molecule has 0 saturated heterocycles. The van der Waals surface area contributed by atoms with Crippen LogP contribution in [0.4, 0.5) is 11.5 Å². The highest BCUT2D eigenvalue weighted by molar-refractivity contribution is 6.28. The highest BCUT2D eigenvalue weighted by Gasteiger charge is 2.17. The van der Waals surface area contributed by atoms with Crippen molar-refractivity contribution in [2.75, 3.05) is 18.4 Å². The van der Waals surface area contributed by atoms with E-state index in [2.05, 4.69) is 20.6 Å². The fourth-order valence-electron chi connectivity index (χ4n) is 1.11. The van der Waals surface area contributed by atoms with E-state index >= 15 is 0 Å². The van der Waals surface area contributed by atoms with Gasteiger partial charge in [-0.2, -0.15) is 4.98 Å². The maximum atomic E-state index is 11.3. The highest BCUT2D eigenvalue weighted by atomic mass is 35.5. The summed E-state index contributed by atoms with van der Waals surface area (Å²) >= 11 is 5.54. The minimum absolute atomic E-state index is 0.0772. The number of anilines is 1. The number of amides is 1. The van der Waals surface area contributed by atoms with Gasteiger partial charge in [0, 0.05) is 6.54 Å². The van der Waals surface area contributed by atoms with Crippen molar-refractivity contribution in [3.05, 3.63) is 21.6 Å². The van der Waals surface area contributed by atoms with Crippen LogP contribution in [0.1, 0.15) is 13.3 Å². The number of nitrogens with one attached hydrogen (secondary N) is 2. The molecule has 0 aliphatic carbocycles. The Morgan fingerprint density at radius 3 is 2.94 bits per heavy atom. The molecule has 0 atom stereocenters. The van der Waals surface area contributed by atoms with E-state index in [1.165, 1.54) is 0 Å². The molecular weight excluding hydrogens is 262 g/mol. The summed E-state index contributed by atoms with van der Waals surface area (Å²) < 4.78 is 0. The summed E-state index contributed by atoms with van der Waals surface area (Å²) in [4.78, 5) is 28.5. The Kier molecular flexibility index (Phi) is 5.25. The van der Waals surface area contributed by atoms with Crippen molar-refractivity contribution in [2.24, 2.45) is 0 Å². The molecule has 0 bridgehead atoms. The van der Waals surface area contributed by atoms with Crippen molar-refractivity contribution in [1.29, 1.82) is 0 Å². The Bertz CT molecular complexity index is 454. The van der Waals surface area contributed by atoms with Gasteiger partial charge in [-0.15, -0.1) is 0 Å². The first-order chi connectivity index (χ1) is 8.54. The Morgan fingerprint density at radius 2 is 2.33 bits per heavy atom. The molecule has 1 rings (SSSR count). The van der Waals surface area contributed by atoms with E-state index in [-0.39, 0.29) is 29.2 Å². The Morgan fingerprint density at radius 1 is 1.61 bits per heavy atom. The summed E-state index contributed by atoms with van der Waals surface area (Å²) in [6.45, 7) is 2.35. The summed E-state index contributed by atoms with van der Waals surface area (Å²) in [7, 11) is 0. The molecule has 1 amide bonds. The molecule has 0 aromatic carbocycles. The lowest BCUT2D eigenvalue weighted by molar-refractivity contribution is -0.384. The first-order valence-electron chi connectivity index (χ1n) is 5.22. The van der Waals surface area contributed by atoms with Crippen LogP contribution < -0.4 is 10.6 Å². The van der Waals surface area contributed by atoms with E-state index in [4.69, 9.17) is 11.6 Å². The summed E-state index contributed by atoms with van der Waals surface area (Å²) in [6, 6.07) is 0. The van der Waals surface area contributed by atoms with Crippen LogP contribution in [0.3, 0.4) is 0 Å². The lowest BCUT2D eigenvalue weighted by Crippen LogP contribution is -2.30. The van der Waals surface area contributed by atoms with E-state index in [0.717, 1.165) is 12.6 Å². The standard InChI is InChI=1S/C9H12ClN5O3/c1-2-3-11-7(16)5-12-8-6(15(17)18)4-13-9(10)14-8/h4H,2-3,5H2,1H3,(H,11,16)(H,12,13,14). The number of hydrogen-bond acceptors (Lipinski definition) is 6. The van der Waals surface area contributed by atoms with Crippen molar-refractivity contribution in [3.8, 4) is 0 Å². The fraction of sp³-hybridized carbons (Fsp3) is 0.444. The van der Waals surface area contributed by atoms with Gasteiger partial charge in [-0.3, -0.25) is 14.9 Å². The topological polar surface area (TPSA) is 110 Å². The molecule has 0 aliphatic rings. The third kappa shape index (κ3) is 4.13. The first kappa shape index (κ1) is 14.1. The summed E-state index contributed by atoms with van der Waals surface area (Å²) in [5.74, 6) is -0.354. The second kappa shape index (κ2) is 6.70. The molecular formula is C9H12ClN5O3. The third-order valence-electron chi connectivity index (χ3n) is 1.93. The van der Waals surface area contributed by atoms with Crippen LogP contribution in [0, 0.1) is 10.1 Å². The molecule has 0 saturated carbocycles. The summed E-state index contributed by atoms with van der Waals surface area (Å²) in [5, 5.41) is 15.7. The zero-order chi connectivity index (χ0) is 13.5. The smallest absolute Gasteiger partial charge is 0.329 e. The lowest BCUT2D eigenvalue weighted by Gasteiger charge is -2.06. The molecule has 0 unspecified atom stereocenters. The van der Waals surface area contributed by atoms with Gasteiger partial charge in [0.15, 0.2) is 0 Å². The van der Waals surface area contributed by atoms with Crippen molar-refractivity contribution in [1.82, 2.24) is 15.3 Å². The molecule has 8 nitrogen and oxygen atoms in total. The van der Waals surface area contributed by atoms with Gasteiger partial charge in [-0.25, -0.2) is 4.98 Å². The van der Waals surface area contributed by atoms with Gasteiger partial charge in [0.05, 0.1) is 11.5 Å². The minimum Gasteiger partial charge on any atom is -0.355 e. The average Bonchev–Trinajstić information content (AvgIpc) is 2.33. The van der Waals surface area contributed by atoms with Crippen LogP contribution in [0.2, 0.25) is 5.28 Å². The molecule has 2 N–H and O–H groups in total. The molecule has 1 aromatic rings. The normalized spacial score (nSPS) is 9.89. The highest BCUT2D eigenvalue weighted by Crippen LogP contribution is 2.21. The van der Waals surface area contributed by atoms with Crippen molar-refractivity contribution >= 4 is 29.0 Å². The Hall–Kier alpha value is -1.96. The van der Waals surface area contributed by atoms with Crippen LogP contribution in [0.15, 0.2) is 6.20 Å². The molecule has 0 spiro atoms. The molecule has 0 fully saturated rings. The van der Waals surface area contributed by atoms with Crippen LogP contribution >= 0.6 is 11.6 Å². The van der Waals surface area contributed by atoms with E-state index in [0.29, 0.717) is 6.54 Å². The number of halogens is 1. The SMILES string of the molecule is CCCNC(=O)CNc1nc(Cl)ncc1[N+](=O)[O-]. The van der Waals surface area contributed by atoms with Crippen molar-refractivity contribution < 1.29 is 9.72 Å². The number of carbonyl (C=O) groups is 1. The predicted molar refractivity (Wildman–Crippen MR) is 65.5 cm³/mol. The third-order valence-corrected chi connectivity index (χ3v) is 2.11. The fourth-order valence-corrected chi connectivity index (χ4v) is 1.24. The van der Waals surface area contributed by atoms with E-state index in [1.807, 2.05) is 6.92 Å². The second-order valence-corrected chi connectivity index (χ2v) is 3.67. The number of hydrogen-bond donors (Lipinski definition) is 2. The van der Waals surface area contributed by atoms with Gasteiger partial charge in [-0.1, -0.05) is 6.92 Å². The molecule has 1 aromatic heterocycles. The molecule has 18 heavy (non-hydrogen) atoms. The Labute approximate surface area is 108 Å². The lowest BCUT2D eigenvalue weighted by atomic mass is 10.4. The van der Waals surface area contributed by atoms with Crippen LogP contribution in [-0.2, 0) is 4.79 Å². The van der Waals surface area contributed by atoms with Gasteiger partial charge in [0.1, 0.15) is 6.20 Å². The molecule has 0 radical (unpaired) electrons. The zero-order valence-corrected chi connectivity index (χ0v) is 10.4. The maximum Gasteiger partial charge on any atom is 0.329 e. The van der Waals surface area contributed by atoms with Crippen LogP contribution in [0.5, 0.6) is 0 Å². The number of aromatic nitrogens is 2. The summed E-state index contributed by atoms with van der Waals surface area (Å²) in [5.41, 5.74) is -0.331. The molecule has 9 heteroatoms. The average molecular weight is 274 g/mol. The second-order valence-electron chi connectivity index (χ2n) is 3.33. The van der Waals surface area contributed by atoms with Gasteiger partial charge in [-0.05, 0) is 18.0 Å². The van der Waals surface area contributed by atoms with E-state index < -0.39 is 4.92 Å². The van der Waals surface area contributed by atoms with Crippen molar-refractivity contribution in [3.63, 3.8) is 0 Å². The maximum absolute atomic E-state index is 11.3. The monoisotopic (exact) mass is 273 g/mol. The number of rotatable bonds is 6. The van der Waals surface area contributed by atoms with Gasteiger partial charge in [0.2, 0.25) is 17.0 Å². The van der Waals surface area contributed by atoms with Crippen molar-refractivity contribution in [2.45, 2.75) is 13.3 Å². The molecule has 0 aliphatic heterocycles. The van der Waals surface area contributed by atoms with Crippen LogP contribution in [-0.4, -0.2) is 33.9 Å². The molecule has 98 valence electrons. The predicted octanol–water partition coefficient (Wildman–Crippen LogP) is 0.976.